The Morgan fingerprint density at radius 3 is 2.71 bits per heavy atom. The lowest BCUT2D eigenvalue weighted by Gasteiger charge is -2.35. The zero-order chi connectivity index (χ0) is 12.1. The maximum absolute atomic E-state index is 11.7. The van der Waals surface area contributed by atoms with Gasteiger partial charge in [-0.05, 0) is 19.9 Å². The highest BCUT2D eigenvalue weighted by Gasteiger charge is 2.24. The Labute approximate surface area is 103 Å². The largest absolute Gasteiger partial charge is 0.377 e. The molecular weight excluding hydrogens is 218 g/mol. The molecule has 1 unspecified atom stereocenters. The Bertz CT molecular complexity index is 246. The van der Waals surface area contributed by atoms with Crippen LogP contribution in [0.3, 0.4) is 0 Å². The van der Waals surface area contributed by atoms with E-state index < -0.39 is 0 Å². The molecule has 0 bridgehead atoms. The highest BCUT2D eigenvalue weighted by molar-refractivity contribution is 5.78. The van der Waals surface area contributed by atoms with Gasteiger partial charge in [-0.2, -0.15) is 0 Å². The number of nitrogens with one attached hydrogen (secondary N) is 1. The summed E-state index contributed by atoms with van der Waals surface area (Å²) in [5, 5.41) is 2.91. The molecule has 2 rings (SSSR count). The summed E-state index contributed by atoms with van der Waals surface area (Å²) in [5.74, 6) is 0.212. The van der Waals surface area contributed by atoms with E-state index >= 15 is 0 Å². The highest BCUT2D eigenvalue weighted by atomic mass is 16.5. The quantitative estimate of drug-likeness (QED) is 0.723. The van der Waals surface area contributed by atoms with E-state index in [-0.39, 0.29) is 5.91 Å². The fourth-order valence-electron chi connectivity index (χ4n) is 2.52. The minimum atomic E-state index is 0.212. The van der Waals surface area contributed by atoms with E-state index in [1.807, 2.05) is 11.9 Å². The van der Waals surface area contributed by atoms with Crippen LogP contribution < -0.4 is 5.32 Å². The van der Waals surface area contributed by atoms with Crippen LogP contribution in [0.25, 0.3) is 0 Å². The second kappa shape index (κ2) is 6.33. The van der Waals surface area contributed by atoms with Gasteiger partial charge in [-0.1, -0.05) is 0 Å². The number of amides is 1. The summed E-state index contributed by atoms with van der Waals surface area (Å²) in [6.45, 7) is 6.08. The molecular formula is C12H23N3O2. The average Bonchev–Trinajstić information content (AvgIpc) is 2.83. The van der Waals surface area contributed by atoms with Crippen molar-refractivity contribution in [3.8, 4) is 0 Å². The van der Waals surface area contributed by atoms with Crippen molar-refractivity contribution in [1.29, 1.82) is 0 Å². The summed E-state index contributed by atoms with van der Waals surface area (Å²) in [5.41, 5.74) is 0. The van der Waals surface area contributed by atoms with Crippen molar-refractivity contribution in [3.63, 3.8) is 0 Å². The van der Waals surface area contributed by atoms with Crippen molar-refractivity contribution in [1.82, 2.24) is 15.1 Å². The maximum atomic E-state index is 11.7. The number of likely N-dealkylation sites (N-methyl/N-ethyl adjacent to an activating group) is 1. The van der Waals surface area contributed by atoms with Crippen molar-refractivity contribution in [2.45, 2.75) is 18.9 Å². The lowest BCUT2D eigenvalue weighted by atomic mass is 10.2. The Morgan fingerprint density at radius 2 is 2.12 bits per heavy atom. The van der Waals surface area contributed by atoms with Gasteiger partial charge in [0.25, 0.3) is 0 Å². The molecule has 0 spiro atoms. The molecule has 0 aromatic carbocycles. The lowest BCUT2D eigenvalue weighted by Crippen LogP contribution is -2.51. The van der Waals surface area contributed by atoms with Crippen molar-refractivity contribution in [2.75, 3.05) is 52.9 Å². The predicted molar refractivity (Wildman–Crippen MR) is 65.9 cm³/mol. The highest BCUT2D eigenvalue weighted by Crippen LogP contribution is 2.14. The molecule has 0 radical (unpaired) electrons. The van der Waals surface area contributed by atoms with Crippen LogP contribution in [0.2, 0.25) is 0 Å². The molecule has 2 heterocycles. The number of carbonyl (C=O) groups excluding carboxylic acids is 1. The van der Waals surface area contributed by atoms with E-state index in [1.165, 1.54) is 12.8 Å². The molecule has 1 amide bonds. The first-order valence-corrected chi connectivity index (χ1v) is 6.56. The SMILES string of the molecule is CNCC(=O)N1CCN(CC2CCCO2)CC1. The molecule has 5 heteroatoms. The van der Waals surface area contributed by atoms with Gasteiger partial charge in [0.2, 0.25) is 5.91 Å². The third kappa shape index (κ3) is 3.66. The van der Waals surface area contributed by atoms with Crippen molar-refractivity contribution in [2.24, 2.45) is 0 Å². The van der Waals surface area contributed by atoms with Crippen LogP contribution in [0.1, 0.15) is 12.8 Å². The molecule has 17 heavy (non-hydrogen) atoms. The van der Waals surface area contributed by atoms with Gasteiger partial charge in [0.05, 0.1) is 12.6 Å². The summed E-state index contributed by atoms with van der Waals surface area (Å²) >= 11 is 0. The van der Waals surface area contributed by atoms with Crippen LogP contribution in [0.15, 0.2) is 0 Å². The number of piperazine rings is 1. The maximum Gasteiger partial charge on any atom is 0.236 e. The summed E-state index contributed by atoms with van der Waals surface area (Å²) in [4.78, 5) is 16.0. The molecule has 2 aliphatic rings. The first-order valence-electron chi connectivity index (χ1n) is 6.56. The zero-order valence-electron chi connectivity index (χ0n) is 10.7. The van der Waals surface area contributed by atoms with E-state index in [0.717, 1.165) is 39.3 Å². The zero-order valence-corrected chi connectivity index (χ0v) is 10.7. The molecule has 2 fully saturated rings. The van der Waals surface area contributed by atoms with E-state index in [2.05, 4.69) is 10.2 Å². The molecule has 2 saturated heterocycles. The Morgan fingerprint density at radius 1 is 1.35 bits per heavy atom. The Kier molecular flexibility index (Phi) is 4.76. The van der Waals surface area contributed by atoms with E-state index in [0.29, 0.717) is 12.6 Å². The van der Waals surface area contributed by atoms with Gasteiger partial charge in [-0.15, -0.1) is 0 Å². The van der Waals surface area contributed by atoms with Crippen LogP contribution in [0, 0.1) is 0 Å². The van der Waals surface area contributed by atoms with Crippen LogP contribution in [-0.4, -0.2) is 74.7 Å². The fourth-order valence-corrected chi connectivity index (χ4v) is 2.52. The van der Waals surface area contributed by atoms with E-state index in [9.17, 15) is 4.79 Å². The number of carbonyl (C=O) groups is 1. The molecule has 0 aliphatic carbocycles. The topological polar surface area (TPSA) is 44.8 Å². The van der Waals surface area contributed by atoms with Gasteiger partial charge < -0.3 is 15.0 Å². The third-order valence-corrected chi connectivity index (χ3v) is 3.54. The van der Waals surface area contributed by atoms with Crippen LogP contribution >= 0.6 is 0 Å². The summed E-state index contributed by atoms with van der Waals surface area (Å²) in [6, 6.07) is 0. The van der Waals surface area contributed by atoms with Gasteiger partial charge in [-0.3, -0.25) is 9.69 Å². The molecule has 1 N–H and O–H groups in total. The summed E-state index contributed by atoms with van der Waals surface area (Å²) < 4.78 is 5.64. The van der Waals surface area contributed by atoms with E-state index in [1.54, 1.807) is 0 Å². The molecule has 98 valence electrons. The second-order valence-electron chi connectivity index (χ2n) is 4.85. The van der Waals surface area contributed by atoms with Crippen molar-refractivity contribution in [3.05, 3.63) is 0 Å². The second-order valence-corrected chi connectivity index (χ2v) is 4.85. The van der Waals surface area contributed by atoms with Gasteiger partial charge >= 0.3 is 0 Å². The Balaban J connectivity index is 1.68. The number of nitrogens with zero attached hydrogens (tertiary/aromatic N) is 2. The fraction of sp³-hybridized carbons (Fsp3) is 0.917. The van der Waals surface area contributed by atoms with Gasteiger partial charge in [-0.25, -0.2) is 0 Å². The minimum absolute atomic E-state index is 0.212. The number of rotatable bonds is 4. The summed E-state index contributed by atoms with van der Waals surface area (Å²) in [7, 11) is 1.81. The third-order valence-electron chi connectivity index (χ3n) is 3.54. The van der Waals surface area contributed by atoms with Crippen molar-refractivity contribution >= 4 is 5.91 Å². The minimum Gasteiger partial charge on any atom is -0.377 e. The standard InChI is InChI=1S/C12H23N3O2/c1-13-9-12(16)15-6-4-14(5-7-15)10-11-3-2-8-17-11/h11,13H,2-10H2,1H3. The molecule has 5 nitrogen and oxygen atoms in total. The first kappa shape index (κ1) is 12.8. The lowest BCUT2D eigenvalue weighted by molar-refractivity contribution is -0.132. The van der Waals surface area contributed by atoms with Crippen LogP contribution in [0.5, 0.6) is 0 Å². The average molecular weight is 241 g/mol. The van der Waals surface area contributed by atoms with Crippen LogP contribution in [-0.2, 0) is 9.53 Å². The summed E-state index contributed by atoms with van der Waals surface area (Å²) in [6.07, 6.45) is 2.82. The predicted octanol–water partition coefficient (Wildman–Crippen LogP) is -0.471. The van der Waals surface area contributed by atoms with Crippen LogP contribution in [0.4, 0.5) is 0 Å². The van der Waals surface area contributed by atoms with E-state index in [4.69, 9.17) is 4.74 Å². The monoisotopic (exact) mass is 241 g/mol. The van der Waals surface area contributed by atoms with Crippen molar-refractivity contribution < 1.29 is 9.53 Å². The molecule has 2 aliphatic heterocycles. The molecule has 0 aromatic rings. The van der Waals surface area contributed by atoms with Gasteiger partial charge in [0.15, 0.2) is 0 Å². The van der Waals surface area contributed by atoms with Gasteiger partial charge in [0, 0.05) is 39.3 Å². The normalized spacial score (nSPS) is 26.4. The number of hydrogen-bond acceptors (Lipinski definition) is 4. The smallest absolute Gasteiger partial charge is 0.236 e. The first-order chi connectivity index (χ1) is 8.29. The molecule has 1 atom stereocenters. The molecule has 0 aromatic heterocycles. The number of ether oxygens (including phenoxy) is 1. The number of hydrogen-bond donors (Lipinski definition) is 1. The van der Waals surface area contributed by atoms with Gasteiger partial charge in [0.1, 0.15) is 0 Å². The molecule has 0 saturated carbocycles. The Hall–Kier alpha value is -0.650.